The average Bonchev–Trinajstić information content (AvgIpc) is 2.70. The third-order valence-corrected chi connectivity index (χ3v) is 4.17. The molecule has 2 aliphatic carbocycles. The SMILES string of the molecule is CCCC1=CC=C=C(C2CCCCCC2)C(C)=C1. The van der Waals surface area contributed by atoms with Gasteiger partial charge in [-0.2, -0.15) is 0 Å². The summed E-state index contributed by atoms with van der Waals surface area (Å²) in [4.78, 5) is 0. The van der Waals surface area contributed by atoms with E-state index < -0.39 is 0 Å². The van der Waals surface area contributed by atoms with Gasteiger partial charge in [0.15, 0.2) is 0 Å². The fourth-order valence-electron chi connectivity index (χ4n) is 3.21. The quantitative estimate of drug-likeness (QED) is 0.438. The number of allylic oxidation sites excluding steroid dienone is 5. The molecule has 0 atom stereocenters. The van der Waals surface area contributed by atoms with Crippen molar-refractivity contribution in [2.45, 2.75) is 65.2 Å². The van der Waals surface area contributed by atoms with Gasteiger partial charge in [-0.1, -0.05) is 51.2 Å². The summed E-state index contributed by atoms with van der Waals surface area (Å²) in [6.07, 6.45) is 17.6. The molecule has 2 rings (SSSR count). The third kappa shape index (κ3) is 3.50. The first-order chi connectivity index (χ1) is 8.81. The van der Waals surface area contributed by atoms with Gasteiger partial charge in [-0.3, -0.25) is 0 Å². The summed E-state index contributed by atoms with van der Waals surface area (Å²) in [5.41, 5.74) is 7.97. The summed E-state index contributed by atoms with van der Waals surface area (Å²) >= 11 is 0. The van der Waals surface area contributed by atoms with E-state index in [1.807, 2.05) is 0 Å². The molecule has 0 heteroatoms. The van der Waals surface area contributed by atoms with Crippen LogP contribution >= 0.6 is 0 Å². The molecule has 0 bridgehead atoms. The van der Waals surface area contributed by atoms with Gasteiger partial charge in [-0.25, -0.2) is 0 Å². The molecule has 0 heterocycles. The Hall–Kier alpha value is -1.00. The molecular formula is C18H26. The van der Waals surface area contributed by atoms with Crippen molar-refractivity contribution in [2.75, 3.05) is 0 Å². The van der Waals surface area contributed by atoms with Gasteiger partial charge in [0.1, 0.15) is 0 Å². The Balaban J connectivity index is 2.14. The third-order valence-electron chi connectivity index (χ3n) is 4.17. The Labute approximate surface area is 112 Å². The van der Waals surface area contributed by atoms with E-state index in [4.69, 9.17) is 0 Å². The predicted molar refractivity (Wildman–Crippen MR) is 79.5 cm³/mol. The molecule has 0 aromatic heterocycles. The summed E-state index contributed by atoms with van der Waals surface area (Å²) in [6.45, 7) is 4.52. The Morgan fingerprint density at radius 2 is 1.89 bits per heavy atom. The normalized spacial score (nSPS) is 21.8. The highest BCUT2D eigenvalue weighted by Crippen LogP contribution is 2.33. The zero-order valence-corrected chi connectivity index (χ0v) is 12.0. The van der Waals surface area contributed by atoms with Crippen LogP contribution in [0.1, 0.15) is 65.2 Å². The van der Waals surface area contributed by atoms with Crippen molar-refractivity contribution in [1.29, 1.82) is 0 Å². The minimum atomic E-state index is 0.759. The first kappa shape index (κ1) is 13.4. The fraction of sp³-hybridized carbons (Fsp3) is 0.611. The monoisotopic (exact) mass is 242 g/mol. The number of hydrogen-bond donors (Lipinski definition) is 0. The van der Waals surface area contributed by atoms with E-state index in [1.54, 1.807) is 0 Å². The van der Waals surface area contributed by atoms with Crippen molar-refractivity contribution in [2.24, 2.45) is 5.92 Å². The Bertz CT molecular complexity index is 392. The zero-order valence-electron chi connectivity index (χ0n) is 12.0. The fourth-order valence-corrected chi connectivity index (χ4v) is 3.21. The highest BCUT2D eigenvalue weighted by atomic mass is 14.2. The van der Waals surface area contributed by atoms with Crippen LogP contribution in [0, 0.1) is 5.92 Å². The zero-order chi connectivity index (χ0) is 12.8. The van der Waals surface area contributed by atoms with Crippen LogP contribution in [0.25, 0.3) is 0 Å². The predicted octanol–water partition coefficient (Wildman–Crippen LogP) is 5.72. The summed E-state index contributed by atoms with van der Waals surface area (Å²) in [7, 11) is 0. The Morgan fingerprint density at radius 1 is 1.17 bits per heavy atom. The van der Waals surface area contributed by atoms with Gasteiger partial charge in [0, 0.05) is 0 Å². The minimum absolute atomic E-state index is 0.759. The molecule has 0 spiro atoms. The molecule has 2 aliphatic rings. The van der Waals surface area contributed by atoms with Crippen molar-refractivity contribution < 1.29 is 0 Å². The van der Waals surface area contributed by atoms with Gasteiger partial charge < -0.3 is 0 Å². The first-order valence-corrected chi connectivity index (χ1v) is 7.65. The average molecular weight is 242 g/mol. The van der Waals surface area contributed by atoms with E-state index >= 15 is 0 Å². The van der Waals surface area contributed by atoms with Crippen molar-refractivity contribution in [3.8, 4) is 0 Å². The maximum absolute atomic E-state index is 3.56. The van der Waals surface area contributed by atoms with Gasteiger partial charge in [0.25, 0.3) is 0 Å². The van der Waals surface area contributed by atoms with E-state index in [1.165, 1.54) is 68.1 Å². The lowest BCUT2D eigenvalue weighted by Crippen LogP contribution is -2.03. The molecule has 0 radical (unpaired) electrons. The van der Waals surface area contributed by atoms with Gasteiger partial charge >= 0.3 is 0 Å². The number of hydrogen-bond acceptors (Lipinski definition) is 0. The molecule has 0 nitrogen and oxygen atoms in total. The molecule has 98 valence electrons. The number of rotatable bonds is 3. The molecule has 1 saturated carbocycles. The molecule has 0 aliphatic heterocycles. The van der Waals surface area contributed by atoms with E-state index in [0.29, 0.717) is 0 Å². The van der Waals surface area contributed by atoms with Crippen LogP contribution in [-0.2, 0) is 0 Å². The molecule has 0 N–H and O–H groups in total. The van der Waals surface area contributed by atoms with Crippen molar-refractivity contribution in [1.82, 2.24) is 0 Å². The van der Waals surface area contributed by atoms with E-state index in [0.717, 1.165) is 5.92 Å². The topological polar surface area (TPSA) is 0 Å². The molecule has 0 unspecified atom stereocenters. The molecular weight excluding hydrogens is 216 g/mol. The Kier molecular flexibility index (Phi) is 5.08. The second-order valence-corrected chi connectivity index (χ2v) is 5.73. The van der Waals surface area contributed by atoms with Crippen LogP contribution in [0.4, 0.5) is 0 Å². The summed E-state index contributed by atoms with van der Waals surface area (Å²) in [5, 5.41) is 0. The largest absolute Gasteiger partial charge is 0.117 e. The van der Waals surface area contributed by atoms with Gasteiger partial charge in [0.05, 0.1) is 0 Å². The molecule has 0 saturated heterocycles. The highest BCUT2D eigenvalue weighted by molar-refractivity contribution is 5.41. The van der Waals surface area contributed by atoms with Crippen molar-refractivity contribution >= 4 is 0 Å². The van der Waals surface area contributed by atoms with Gasteiger partial charge in [0.2, 0.25) is 0 Å². The van der Waals surface area contributed by atoms with E-state index in [2.05, 4.69) is 37.8 Å². The Morgan fingerprint density at radius 3 is 2.56 bits per heavy atom. The molecule has 0 aromatic carbocycles. The van der Waals surface area contributed by atoms with Crippen molar-refractivity contribution in [3.05, 3.63) is 40.7 Å². The molecule has 0 aromatic rings. The van der Waals surface area contributed by atoms with Crippen LogP contribution in [0.3, 0.4) is 0 Å². The first-order valence-electron chi connectivity index (χ1n) is 7.65. The van der Waals surface area contributed by atoms with Gasteiger partial charge in [-0.05, 0) is 54.9 Å². The van der Waals surface area contributed by atoms with Crippen LogP contribution in [0.5, 0.6) is 0 Å². The summed E-state index contributed by atoms with van der Waals surface area (Å²) < 4.78 is 0. The second kappa shape index (κ2) is 6.81. The standard InChI is InChI=1S/C18H26/c1-3-9-16-10-8-13-18(15(2)14-16)17-11-6-4-5-7-12-17/h8,10,14,17H,3-7,9,11-12H2,1-2H3. The molecule has 18 heavy (non-hydrogen) atoms. The maximum atomic E-state index is 3.56. The smallest absolute Gasteiger partial charge is 0.00000716 e. The second-order valence-electron chi connectivity index (χ2n) is 5.73. The molecule has 0 amide bonds. The summed E-state index contributed by atoms with van der Waals surface area (Å²) in [6, 6.07) is 0. The highest BCUT2D eigenvalue weighted by Gasteiger charge is 2.18. The van der Waals surface area contributed by atoms with Crippen LogP contribution in [0.2, 0.25) is 0 Å². The minimum Gasteiger partial charge on any atom is -0.117 e. The van der Waals surface area contributed by atoms with Gasteiger partial charge in [-0.15, -0.1) is 5.73 Å². The molecule has 1 fully saturated rings. The lowest BCUT2D eigenvalue weighted by atomic mass is 9.87. The van der Waals surface area contributed by atoms with Crippen LogP contribution in [0.15, 0.2) is 40.7 Å². The van der Waals surface area contributed by atoms with E-state index in [9.17, 15) is 0 Å². The van der Waals surface area contributed by atoms with E-state index in [-0.39, 0.29) is 0 Å². The van der Waals surface area contributed by atoms with Crippen LogP contribution < -0.4 is 0 Å². The van der Waals surface area contributed by atoms with Crippen LogP contribution in [-0.4, -0.2) is 0 Å². The lowest BCUT2D eigenvalue weighted by molar-refractivity contribution is 0.535. The lowest BCUT2D eigenvalue weighted by Gasteiger charge is -2.17. The summed E-state index contributed by atoms with van der Waals surface area (Å²) in [5.74, 6) is 0.759. The van der Waals surface area contributed by atoms with Crippen molar-refractivity contribution in [3.63, 3.8) is 0 Å². The maximum Gasteiger partial charge on any atom is -0.00000716 e.